The van der Waals surface area contributed by atoms with Gasteiger partial charge in [0.05, 0.1) is 16.7 Å². The molecule has 4 aromatic rings. The summed E-state index contributed by atoms with van der Waals surface area (Å²) in [5.74, 6) is -0.0847. The number of hydrogen-bond donors (Lipinski definition) is 1. The molecule has 11 nitrogen and oxygen atoms in total. The van der Waals surface area contributed by atoms with Gasteiger partial charge in [-0.1, -0.05) is 54.6 Å². The summed E-state index contributed by atoms with van der Waals surface area (Å²) in [7, 11) is 0. The smallest absolute Gasteiger partial charge is 0.339 e. The highest BCUT2D eigenvalue weighted by Gasteiger charge is 2.63. The van der Waals surface area contributed by atoms with Crippen LogP contribution in [0.4, 0.5) is 0 Å². The number of ether oxygens (including phenoxy) is 4. The van der Waals surface area contributed by atoms with Gasteiger partial charge in [0, 0.05) is 12.3 Å². The first kappa shape index (κ1) is 28.8. The van der Waals surface area contributed by atoms with Crippen LogP contribution in [0.2, 0.25) is 0 Å². The predicted molar refractivity (Wildman–Crippen MR) is 151 cm³/mol. The fourth-order valence-electron chi connectivity index (χ4n) is 4.58. The first-order valence-corrected chi connectivity index (χ1v) is 13.0. The van der Waals surface area contributed by atoms with Gasteiger partial charge in [-0.15, -0.1) is 6.42 Å². The Balaban J connectivity index is 1.59. The van der Waals surface area contributed by atoms with Gasteiger partial charge in [-0.25, -0.2) is 19.2 Å². The van der Waals surface area contributed by atoms with Gasteiger partial charge in [-0.2, -0.15) is 0 Å². The van der Waals surface area contributed by atoms with E-state index in [1.807, 2.05) is 0 Å². The van der Waals surface area contributed by atoms with E-state index in [-0.39, 0.29) is 16.7 Å². The van der Waals surface area contributed by atoms with Crippen molar-refractivity contribution in [2.45, 2.75) is 24.0 Å². The minimum Gasteiger partial charge on any atom is -0.459 e. The van der Waals surface area contributed by atoms with E-state index >= 15 is 0 Å². The number of rotatable bonds is 8. The predicted octanol–water partition coefficient (Wildman–Crippen LogP) is 2.75. The first-order chi connectivity index (χ1) is 20.8. The van der Waals surface area contributed by atoms with E-state index in [1.165, 1.54) is 24.3 Å². The highest BCUT2D eigenvalue weighted by Crippen LogP contribution is 2.43. The number of carbonyl (C=O) groups is 3. The number of nitrogens with one attached hydrogen (secondary N) is 1. The zero-order valence-corrected chi connectivity index (χ0v) is 22.5. The summed E-state index contributed by atoms with van der Waals surface area (Å²) in [5, 5.41) is 0. The maximum atomic E-state index is 13.4. The van der Waals surface area contributed by atoms with Crippen LogP contribution in [0.3, 0.4) is 0 Å². The van der Waals surface area contributed by atoms with Crippen LogP contribution in [0.1, 0.15) is 37.3 Å². The van der Waals surface area contributed by atoms with E-state index in [9.17, 15) is 24.0 Å². The molecule has 0 spiro atoms. The Bertz CT molecular complexity index is 1780. The van der Waals surface area contributed by atoms with Crippen LogP contribution < -0.4 is 11.2 Å². The molecule has 1 N–H and O–H groups in total. The fraction of sp³-hybridized carbons (Fsp3) is 0.156. The lowest BCUT2D eigenvalue weighted by Gasteiger charge is -2.33. The molecule has 2 heterocycles. The van der Waals surface area contributed by atoms with Gasteiger partial charge in [-0.3, -0.25) is 14.3 Å². The summed E-state index contributed by atoms with van der Waals surface area (Å²) in [6.07, 6.45) is 2.58. The van der Waals surface area contributed by atoms with Gasteiger partial charge < -0.3 is 18.9 Å². The molecule has 0 saturated carbocycles. The molecule has 0 radical (unpaired) electrons. The lowest BCUT2D eigenvalue weighted by Crippen LogP contribution is -2.53. The van der Waals surface area contributed by atoms with Crippen LogP contribution in [0.15, 0.2) is 113 Å². The molecule has 4 atom stereocenters. The summed E-state index contributed by atoms with van der Waals surface area (Å²) < 4.78 is 24.2. The second kappa shape index (κ2) is 12.4. The van der Waals surface area contributed by atoms with Gasteiger partial charge in [0.1, 0.15) is 12.7 Å². The van der Waals surface area contributed by atoms with Crippen LogP contribution in [-0.2, 0) is 18.9 Å². The third-order valence-electron chi connectivity index (χ3n) is 6.66. The van der Waals surface area contributed by atoms with Gasteiger partial charge in [0.25, 0.3) is 11.2 Å². The average molecular weight is 581 g/mol. The van der Waals surface area contributed by atoms with Crippen molar-refractivity contribution in [3.05, 3.63) is 141 Å². The topological polar surface area (TPSA) is 143 Å². The van der Waals surface area contributed by atoms with E-state index in [1.54, 1.807) is 66.7 Å². The number of benzene rings is 3. The molecule has 5 rings (SSSR count). The van der Waals surface area contributed by atoms with Gasteiger partial charge >= 0.3 is 23.6 Å². The van der Waals surface area contributed by atoms with Crippen molar-refractivity contribution >= 4 is 17.9 Å². The summed E-state index contributed by atoms with van der Waals surface area (Å²) in [5.41, 5.74) is -3.42. The SMILES string of the molecule is C#C[C@@]1(OC(=O)c2ccccc2)[C@@H](n2ccc(=O)[nH]c2=O)O[C@@H](COC(=O)c2ccccc2)[C@@H]1OC(=O)c1ccccc1. The minimum absolute atomic E-state index is 0.108. The molecule has 0 bridgehead atoms. The minimum atomic E-state index is -2.27. The van der Waals surface area contributed by atoms with Crippen molar-refractivity contribution in [1.29, 1.82) is 0 Å². The standard InChI is InChI=1S/C32H24N2O9/c1-2-32(43-29(38)23-16-10-5-11-17-23)26(42-28(37)22-14-8-4-9-15-22)24(20-40-27(36)21-12-6-3-7-13-21)41-30(32)34-19-18-25(35)33-31(34)39/h1,3-19,24,26,30H,20H2,(H,33,35,39)/t24-,26-,30-,32-/m0/s1. The number of terminal acetylenes is 1. The summed E-state index contributed by atoms with van der Waals surface area (Å²) in [4.78, 5) is 66.3. The van der Waals surface area contributed by atoms with Crippen LogP contribution >= 0.6 is 0 Å². The summed E-state index contributed by atoms with van der Waals surface area (Å²) >= 11 is 0. The zero-order valence-electron chi connectivity index (χ0n) is 22.5. The van der Waals surface area contributed by atoms with Crippen molar-refractivity contribution in [1.82, 2.24) is 9.55 Å². The maximum absolute atomic E-state index is 13.4. The number of nitrogens with zero attached hydrogens (tertiary/aromatic N) is 1. The number of esters is 3. The molecule has 216 valence electrons. The largest absolute Gasteiger partial charge is 0.459 e. The number of aromatic amines is 1. The quantitative estimate of drug-likeness (QED) is 0.189. The lowest BCUT2D eigenvalue weighted by molar-refractivity contribution is -0.0896. The lowest BCUT2D eigenvalue weighted by atomic mass is 9.93. The zero-order chi connectivity index (χ0) is 30.4. The highest BCUT2D eigenvalue weighted by atomic mass is 16.7. The highest BCUT2D eigenvalue weighted by molar-refractivity contribution is 5.91. The van der Waals surface area contributed by atoms with Crippen molar-refractivity contribution in [2.24, 2.45) is 0 Å². The van der Waals surface area contributed by atoms with Crippen molar-refractivity contribution in [3.8, 4) is 12.3 Å². The first-order valence-electron chi connectivity index (χ1n) is 13.0. The molecular formula is C32H24N2O9. The molecule has 0 amide bonds. The molecule has 0 aliphatic carbocycles. The third-order valence-corrected chi connectivity index (χ3v) is 6.66. The average Bonchev–Trinajstić information content (AvgIpc) is 3.33. The number of aromatic nitrogens is 2. The Labute approximate surface area is 244 Å². The summed E-state index contributed by atoms with van der Waals surface area (Å²) in [6, 6.07) is 25.0. The molecule has 1 fully saturated rings. The molecule has 0 unspecified atom stereocenters. The Hall–Kier alpha value is -5.73. The van der Waals surface area contributed by atoms with Crippen molar-refractivity contribution in [3.63, 3.8) is 0 Å². The number of carbonyl (C=O) groups excluding carboxylic acids is 3. The Morgan fingerprint density at radius 1 is 0.814 bits per heavy atom. The second-order valence-corrected chi connectivity index (χ2v) is 9.39. The number of H-pyrrole nitrogens is 1. The Kier molecular flexibility index (Phi) is 8.32. The molecule has 11 heteroatoms. The molecule has 1 saturated heterocycles. The van der Waals surface area contributed by atoms with E-state index in [4.69, 9.17) is 25.4 Å². The van der Waals surface area contributed by atoms with Crippen molar-refractivity contribution in [2.75, 3.05) is 6.61 Å². The van der Waals surface area contributed by atoms with Crippen LogP contribution in [0.5, 0.6) is 0 Å². The molecule has 43 heavy (non-hydrogen) atoms. The van der Waals surface area contributed by atoms with Gasteiger partial charge in [0.2, 0.25) is 0 Å². The normalized spacial score (nSPS) is 20.9. The molecule has 1 aliphatic rings. The third kappa shape index (κ3) is 6.00. The molecule has 1 aromatic heterocycles. The monoisotopic (exact) mass is 580 g/mol. The fourth-order valence-corrected chi connectivity index (χ4v) is 4.58. The van der Waals surface area contributed by atoms with E-state index < -0.39 is 59.8 Å². The molecule has 3 aromatic carbocycles. The van der Waals surface area contributed by atoms with Crippen LogP contribution in [0.25, 0.3) is 0 Å². The number of hydrogen-bond acceptors (Lipinski definition) is 9. The van der Waals surface area contributed by atoms with Crippen LogP contribution in [-0.4, -0.2) is 51.9 Å². The van der Waals surface area contributed by atoms with Gasteiger partial charge in [0.15, 0.2) is 12.3 Å². The Morgan fingerprint density at radius 2 is 1.35 bits per heavy atom. The second-order valence-electron chi connectivity index (χ2n) is 9.39. The van der Waals surface area contributed by atoms with Crippen molar-refractivity contribution < 1.29 is 33.3 Å². The maximum Gasteiger partial charge on any atom is 0.339 e. The Morgan fingerprint density at radius 3 is 1.88 bits per heavy atom. The molecule has 1 aliphatic heterocycles. The van der Waals surface area contributed by atoms with E-state index in [0.717, 1.165) is 16.8 Å². The van der Waals surface area contributed by atoms with Crippen LogP contribution in [0, 0.1) is 12.3 Å². The van der Waals surface area contributed by atoms with Gasteiger partial charge in [-0.05, 0) is 42.3 Å². The summed E-state index contributed by atoms with van der Waals surface area (Å²) in [6.45, 7) is -0.513. The van der Waals surface area contributed by atoms with E-state index in [0.29, 0.717) is 0 Å². The van der Waals surface area contributed by atoms with E-state index in [2.05, 4.69) is 10.9 Å². The molecular weight excluding hydrogens is 556 g/mol.